The minimum absolute atomic E-state index is 0.0253. The number of nitrogens with zero attached hydrogens (tertiary/aromatic N) is 2. The first kappa shape index (κ1) is 15.5. The Kier molecular flexibility index (Phi) is 4.02. The number of carbonyl (C=O) groups is 1. The molecule has 0 unspecified atom stereocenters. The number of nitrogens with one attached hydrogen (secondary N) is 1. The molecular formula is C15H9Cl2N3O3. The topological polar surface area (TPSA) is 84.6 Å². The number of rotatable bonds is 2. The lowest BCUT2D eigenvalue weighted by molar-refractivity contribution is -0.384. The number of anilines is 1. The lowest BCUT2D eigenvalue weighted by Crippen LogP contribution is -2.14. The second-order valence-electron chi connectivity index (χ2n) is 4.87. The molecule has 1 aliphatic heterocycles. The largest absolute Gasteiger partial charge is 0.324 e. The maximum absolute atomic E-state index is 12.0. The van der Waals surface area contributed by atoms with Gasteiger partial charge >= 0.3 is 0 Å². The molecule has 0 aliphatic carbocycles. The first-order valence-electron chi connectivity index (χ1n) is 6.55. The van der Waals surface area contributed by atoms with Crippen LogP contribution in [0.5, 0.6) is 0 Å². The second-order valence-corrected chi connectivity index (χ2v) is 5.69. The van der Waals surface area contributed by atoms with Crippen molar-refractivity contribution < 1.29 is 9.72 Å². The van der Waals surface area contributed by atoms with Crippen LogP contribution in [0, 0.1) is 10.1 Å². The fourth-order valence-electron chi connectivity index (χ4n) is 2.20. The molecule has 8 heteroatoms. The lowest BCUT2D eigenvalue weighted by atomic mass is 10.1. The third-order valence-electron chi connectivity index (χ3n) is 3.31. The molecule has 116 valence electrons. The molecule has 0 radical (unpaired) electrons. The highest BCUT2D eigenvalue weighted by atomic mass is 35.5. The van der Waals surface area contributed by atoms with Crippen molar-refractivity contribution in [1.82, 2.24) is 0 Å². The molecule has 1 amide bonds. The van der Waals surface area contributed by atoms with E-state index in [-0.39, 0.29) is 18.0 Å². The van der Waals surface area contributed by atoms with Gasteiger partial charge in [-0.15, -0.1) is 0 Å². The molecule has 1 heterocycles. The number of hydrogen-bond donors (Lipinski definition) is 1. The van der Waals surface area contributed by atoms with E-state index in [0.717, 1.165) is 0 Å². The van der Waals surface area contributed by atoms with Gasteiger partial charge in [0.1, 0.15) is 0 Å². The zero-order valence-electron chi connectivity index (χ0n) is 11.5. The number of carbonyl (C=O) groups excluding carboxylic acids is 1. The van der Waals surface area contributed by atoms with E-state index in [4.69, 9.17) is 23.2 Å². The number of nitro benzene ring substituents is 1. The van der Waals surface area contributed by atoms with Crippen LogP contribution >= 0.6 is 23.2 Å². The Hall–Kier alpha value is -2.44. The van der Waals surface area contributed by atoms with E-state index in [1.165, 1.54) is 12.1 Å². The van der Waals surface area contributed by atoms with Crippen molar-refractivity contribution >= 4 is 51.9 Å². The lowest BCUT2D eigenvalue weighted by Gasteiger charge is -2.06. The summed E-state index contributed by atoms with van der Waals surface area (Å²) in [7, 11) is 0. The Morgan fingerprint density at radius 3 is 2.43 bits per heavy atom. The van der Waals surface area contributed by atoms with E-state index in [0.29, 0.717) is 32.7 Å². The average Bonchev–Trinajstić information content (AvgIpc) is 2.66. The molecule has 0 saturated carbocycles. The van der Waals surface area contributed by atoms with Gasteiger partial charge in [0.25, 0.3) is 5.69 Å². The zero-order valence-corrected chi connectivity index (χ0v) is 13.1. The summed E-state index contributed by atoms with van der Waals surface area (Å²) in [6.45, 7) is 0. The van der Waals surface area contributed by atoms with E-state index >= 15 is 0 Å². The van der Waals surface area contributed by atoms with Crippen molar-refractivity contribution in [2.45, 2.75) is 6.42 Å². The van der Waals surface area contributed by atoms with Crippen LogP contribution in [0.25, 0.3) is 0 Å². The van der Waals surface area contributed by atoms with Crippen molar-refractivity contribution in [3.8, 4) is 0 Å². The van der Waals surface area contributed by atoms with Crippen molar-refractivity contribution in [2.24, 2.45) is 4.99 Å². The van der Waals surface area contributed by atoms with Gasteiger partial charge in [-0.3, -0.25) is 19.9 Å². The highest BCUT2D eigenvalue weighted by Gasteiger charge is 2.19. The van der Waals surface area contributed by atoms with Crippen molar-refractivity contribution in [1.29, 1.82) is 0 Å². The summed E-state index contributed by atoms with van der Waals surface area (Å²) in [6, 6.07) is 8.97. The molecule has 0 spiro atoms. The van der Waals surface area contributed by atoms with E-state index in [1.54, 1.807) is 24.3 Å². The molecule has 0 atom stereocenters. The number of fused-ring (bicyclic) bond motifs is 1. The number of hydrogen-bond acceptors (Lipinski definition) is 4. The Morgan fingerprint density at radius 2 is 1.78 bits per heavy atom. The van der Waals surface area contributed by atoms with Crippen LogP contribution in [0.2, 0.25) is 10.0 Å². The number of amides is 1. The van der Waals surface area contributed by atoms with Crippen LogP contribution in [-0.2, 0) is 4.79 Å². The fourth-order valence-corrected chi connectivity index (χ4v) is 2.52. The first-order chi connectivity index (χ1) is 10.9. The van der Waals surface area contributed by atoms with Gasteiger partial charge in [0.2, 0.25) is 5.91 Å². The van der Waals surface area contributed by atoms with Crippen LogP contribution < -0.4 is 5.32 Å². The van der Waals surface area contributed by atoms with Crippen molar-refractivity contribution in [3.05, 3.63) is 62.1 Å². The zero-order chi connectivity index (χ0) is 16.6. The fraction of sp³-hybridized carbons (Fsp3) is 0.0667. The van der Waals surface area contributed by atoms with Crippen LogP contribution in [0.1, 0.15) is 12.0 Å². The van der Waals surface area contributed by atoms with Gasteiger partial charge in [-0.2, -0.15) is 0 Å². The van der Waals surface area contributed by atoms with Crippen LogP contribution in [0.3, 0.4) is 0 Å². The van der Waals surface area contributed by atoms with Crippen LogP contribution in [0.15, 0.2) is 41.4 Å². The van der Waals surface area contributed by atoms with Gasteiger partial charge in [0.05, 0.1) is 38.5 Å². The molecule has 0 bridgehead atoms. The SMILES string of the molecule is O=C1CC(c2ccc([N+](=O)[O-])cc2)=Nc2cc(Cl)c(Cl)cc2N1. The van der Waals surface area contributed by atoms with Crippen molar-refractivity contribution in [2.75, 3.05) is 5.32 Å². The molecule has 3 rings (SSSR count). The molecular weight excluding hydrogens is 341 g/mol. The summed E-state index contributed by atoms with van der Waals surface area (Å²) in [4.78, 5) is 26.7. The number of nitro groups is 1. The van der Waals surface area contributed by atoms with Crippen LogP contribution in [0.4, 0.5) is 17.1 Å². The van der Waals surface area contributed by atoms with Gasteiger partial charge in [0.15, 0.2) is 0 Å². The third-order valence-corrected chi connectivity index (χ3v) is 4.03. The van der Waals surface area contributed by atoms with Gasteiger partial charge in [0, 0.05) is 12.1 Å². The minimum atomic E-state index is -0.484. The highest BCUT2D eigenvalue weighted by molar-refractivity contribution is 6.42. The summed E-state index contributed by atoms with van der Waals surface area (Å²) in [6.07, 6.45) is 0.0434. The van der Waals surface area contributed by atoms with E-state index in [2.05, 4.69) is 10.3 Å². The summed E-state index contributed by atoms with van der Waals surface area (Å²) in [5.74, 6) is -0.251. The normalized spacial score (nSPS) is 13.7. The summed E-state index contributed by atoms with van der Waals surface area (Å²) in [5.41, 5.74) is 2.06. The molecule has 2 aromatic carbocycles. The van der Waals surface area contributed by atoms with Gasteiger partial charge < -0.3 is 5.32 Å². The molecule has 1 aliphatic rings. The van der Waals surface area contributed by atoms with Gasteiger partial charge in [-0.05, 0) is 29.8 Å². The molecule has 2 aromatic rings. The standard InChI is InChI=1S/C15H9Cl2N3O3/c16-10-5-13-14(6-11(10)17)19-15(21)7-12(18-13)8-1-3-9(4-2-8)20(22)23/h1-6H,7H2,(H,19,21). The monoisotopic (exact) mass is 349 g/mol. The van der Waals surface area contributed by atoms with E-state index in [9.17, 15) is 14.9 Å². The maximum atomic E-state index is 12.0. The Labute approximate surface area is 140 Å². The number of halogens is 2. The third kappa shape index (κ3) is 3.18. The summed E-state index contributed by atoms with van der Waals surface area (Å²) < 4.78 is 0. The molecule has 1 N–H and O–H groups in total. The van der Waals surface area contributed by atoms with Crippen LogP contribution in [-0.4, -0.2) is 16.5 Å². The molecule has 0 fully saturated rings. The van der Waals surface area contributed by atoms with E-state index in [1.807, 2.05) is 0 Å². The second kappa shape index (κ2) is 5.98. The molecule has 0 aromatic heterocycles. The number of aliphatic imine (C=N–C) groups is 1. The Morgan fingerprint density at radius 1 is 1.13 bits per heavy atom. The number of non-ortho nitro benzene ring substituents is 1. The first-order valence-corrected chi connectivity index (χ1v) is 7.31. The Bertz CT molecular complexity index is 848. The average molecular weight is 350 g/mol. The van der Waals surface area contributed by atoms with Crippen molar-refractivity contribution in [3.63, 3.8) is 0 Å². The predicted octanol–water partition coefficient (Wildman–Crippen LogP) is 4.36. The minimum Gasteiger partial charge on any atom is -0.324 e. The summed E-state index contributed by atoms with van der Waals surface area (Å²) >= 11 is 11.9. The highest BCUT2D eigenvalue weighted by Crippen LogP contribution is 2.36. The molecule has 6 nitrogen and oxygen atoms in total. The molecule has 0 saturated heterocycles. The van der Waals surface area contributed by atoms with Gasteiger partial charge in [-0.1, -0.05) is 23.2 Å². The summed E-state index contributed by atoms with van der Waals surface area (Å²) in [5, 5.41) is 14.1. The number of benzene rings is 2. The quantitative estimate of drug-likeness (QED) is 0.645. The predicted molar refractivity (Wildman–Crippen MR) is 89.0 cm³/mol. The van der Waals surface area contributed by atoms with Gasteiger partial charge in [-0.25, -0.2) is 0 Å². The Balaban J connectivity index is 2.07. The van der Waals surface area contributed by atoms with E-state index < -0.39 is 4.92 Å². The molecule has 23 heavy (non-hydrogen) atoms. The smallest absolute Gasteiger partial charge is 0.269 e. The maximum Gasteiger partial charge on any atom is 0.269 e.